The number of hydrogen-bond acceptors (Lipinski definition) is 3. The molecule has 0 unspecified atom stereocenters. The van der Waals surface area contributed by atoms with E-state index in [0.717, 1.165) is 55.4 Å². The number of benzene rings is 4. The van der Waals surface area contributed by atoms with Gasteiger partial charge in [0.05, 0.1) is 13.4 Å². The monoisotopic (exact) mass is 461 g/mol. The van der Waals surface area contributed by atoms with E-state index < -0.39 is 0 Å². The number of hydrogen-bond donors (Lipinski definition) is 1. The molecule has 1 N–H and O–H groups in total. The lowest BCUT2D eigenvalue weighted by Crippen LogP contribution is -2.08. The fourth-order valence-electron chi connectivity index (χ4n) is 4.63. The van der Waals surface area contributed by atoms with Crippen molar-refractivity contribution >= 4 is 38.9 Å². The number of aryl methyl sites for hydroxylation is 2. The van der Waals surface area contributed by atoms with Crippen LogP contribution in [0.1, 0.15) is 23.6 Å². The van der Waals surface area contributed by atoms with Crippen molar-refractivity contribution in [2.45, 2.75) is 20.8 Å². The molecule has 5 aromatic rings. The second-order valence-corrected chi connectivity index (χ2v) is 8.82. The molecule has 1 amide bonds. The standard InChI is InChI=1S/C31H27NO3/c1-19-12-14-23(15-13-19)32-29(33)16-20(2)26-17-27-28(18-35-31(27)21(3)30(26)34-4)25-11-7-9-22-8-5-6-10-24(22)25/h5-18H,1-4H3,(H,32,33)/b20-16+. The van der Waals surface area contributed by atoms with E-state index in [1.165, 1.54) is 5.39 Å². The van der Waals surface area contributed by atoms with Gasteiger partial charge in [0.2, 0.25) is 5.91 Å². The van der Waals surface area contributed by atoms with Crippen LogP contribution >= 0.6 is 0 Å². The number of allylic oxidation sites excluding steroid dienone is 1. The van der Waals surface area contributed by atoms with Crippen molar-refractivity contribution in [3.05, 3.63) is 102 Å². The molecule has 35 heavy (non-hydrogen) atoms. The van der Waals surface area contributed by atoms with Crippen LogP contribution in [0.5, 0.6) is 5.75 Å². The van der Waals surface area contributed by atoms with Crippen molar-refractivity contribution in [2.24, 2.45) is 0 Å². The maximum Gasteiger partial charge on any atom is 0.248 e. The molecule has 0 saturated heterocycles. The second kappa shape index (κ2) is 9.15. The third-order valence-corrected chi connectivity index (χ3v) is 6.42. The summed E-state index contributed by atoms with van der Waals surface area (Å²) >= 11 is 0. The zero-order chi connectivity index (χ0) is 24.5. The predicted octanol–water partition coefficient (Wildman–Crippen LogP) is 7.92. The molecule has 4 nitrogen and oxygen atoms in total. The highest BCUT2D eigenvalue weighted by Crippen LogP contribution is 2.42. The maximum absolute atomic E-state index is 12.8. The highest BCUT2D eigenvalue weighted by atomic mass is 16.5. The molecule has 0 bridgehead atoms. The first kappa shape index (κ1) is 22.5. The SMILES string of the molecule is COc1c(/C(C)=C/C(=O)Nc2ccc(C)cc2)cc2c(-c3cccc4ccccc34)coc2c1C. The van der Waals surface area contributed by atoms with E-state index in [9.17, 15) is 4.79 Å². The van der Waals surface area contributed by atoms with Crippen LogP contribution in [0, 0.1) is 13.8 Å². The molecule has 4 aromatic carbocycles. The molecule has 5 rings (SSSR count). The summed E-state index contributed by atoms with van der Waals surface area (Å²) in [6.45, 7) is 5.93. The number of methoxy groups -OCH3 is 1. The molecule has 0 aliphatic carbocycles. The van der Waals surface area contributed by atoms with Gasteiger partial charge in [0, 0.05) is 33.8 Å². The number of ether oxygens (including phenoxy) is 1. The molecule has 1 heterocycles. The van der Waals surface area contributed by atoms with E-state index >= 15 is 0 Å². The minimum atomic E-state index is -0.187. The van der Waals surface area contributed by atoms with E-state index in [-0.39, 0.29) is 5.91 Å². The van der Waals surface area contributed by atoms with Crippen molar-refractivity contribution in [3.63, 3.8) is 0 Å². The number of carbonyl (C=O) groups is 1. The van der Waals surface area contributed by atoms with Gasteiger partial charge in [-0.05, 0) is 60.9 Å². The second-order valence-electron chi connectivity index (χ2n) is 8.82. The Kier molecular flexibility index (Phi) is 5.87. The summed E-state index contributed by atoms with van der Waals surface area (Å²) in [7, 11) is 1.64. The van der Waals surface area contributed by atoms with Crippen molar-refractivity contribution in [2.75, 3.05) is 12.4 Å². The quantitative estimate of drug-likeness (QED) is 0.270. The van der Waals surface area contributed by atoms with Crippen LogP contribution < -0.4 is 10.1 Å². The van der Waals surface area contributed by atoms with Crippen LogP contribution in [0.4, 0.5) is 5.69 Å². The Morgan fingerprint density at radius 3 is 2.43 bits per heavy atom. The number of fused-ring (bicyclic) bond motifs is 2. The van der Waals surface area contributed by atoms with Crippen LogP contribution in [0.2, 0.25) is 0 Å². The Morgan fingerprint density at radius 1 is 0.914 bits per heavy atom. The van der Waals surface area contributed by atoms with Crippen molar-refractivity contribution in [1.82, 2.24) is 0 Å². The average molecular weight is 462 g/mol. The van der Waals surface area contributed by atoms with Gasteiger partial charge in [0.15, 0.2) is 0 Å². The largest absolute Gasteiger partial charge is 0.496 e. The van der Waals surface area contributed by atoms with Gasteiger partial charge in [-0.1, -0.05) is 60.2 Å². The zero-order valence-electron chi connectivity index (χ0n) is 20.3. The number of carbonyl (C=O) groups excluding carboxylic acids is 1. The number of anilines is 1. The topological polar surface area (TPSA) is 51.5 Å². The average Bonchev–Trinajstić information content (AvgIpc) is 3.29. The van der Waals surface area contributed by atoms with E-state index in [4.69, 9.17) is 9.15 Å². The lowest BCUT2D eigenvalue weighted by atomic mass is 9.94. The Hall–Kier alpha value is -4.31. The normalized spacial score (nSPS) is 11.7. The fourth-order valence-corrected chi connectivity index (χ4v) is 4.63. The lowest BCUT2D eigenvalue weighted by molar-refractivity contribution is -0.111. The fraction of sp³-hybridized carbons (Fsp3) is 0.129. The first-order valence-corrected chi connectivity index (χ1v) is 11.6. The summed E-state index contributed by atoms with van der Waals surface area (Å²) in [5.74, 6) is 0.515. The van der Waals surface area contributed by atoms with Crippen LogP contribution in [0.25, 0.3) is 38.4 Å². The first-order chi connectivity index (χ1) is 17.0. The molecule has 1 aromatic heterocycles. The molecule has 0 aliphatic rings. The smallest absolute Gasteiger partial charge is 0.248 e. The highest BCUT2D eigenvalue weighted by Gasteiger charge is 2.19. The molecule has 0 spiro atoms. The third kappa shape index (κ3) is 4.19. The summed E-state index contributed by atoms with van der Waals surface area (Å²) in [6.07, 6.45) is 3.42. The van der Waals surface area contributed by atoms with Crippen LogP contribution in [0.3, 0.4) is 0 Å². The van der Waals surface area contributed by atoms with Gasteiger partial charge in [-0.2, -0.15) is 0 Å². The van der Waals surface area contributed by atoms with E-state index in [1.54, 1.807) is 13.2 Å². The van der Waals surface area contributed by atoms with Crippen LogP contribution in [0.15, 0.2) is 89.6 Å². The number of furan rings is 1. The van der Waals surface area contributed by atoms with Crippen molar-refractivity contribution in [3.8, 4) is 16.9 Å². The van der Waals surface area contributed by atoms with Gasteiger partial charge in [-0.15, -0.1) is 0 Å². The molecule has 0 saturated carbocycles. The highest BCUT2D eigenvalue weighted by molar-refractivity contribution is 6.08. The molecule has 0 atom stereocenters. The Balaban J connectivity index is 1.61. The van der Waals surface area contributed by atoms with Crippen LogP contribution in [-0.4, -0.2) is 13.0 Å². The molecular formula is C31H27NO3. The van der Waals surface area contributed by atoms with Crippen LogP contribution in [-0.2, 0) is 4.79 Å². The molecule has 0 aliphatic heterocycles. The molecule has 0 radical (unpaired) electrons. The van der Waals surface area contributed by atoms with E-state index in [0.29, 0.717) is 5.75 Å². The first-order valence-electron chi connectivity index (χ1n) is 11.6. The lowest BCUT2D eigenvalue weighted by Gasteiger charge is -2.14. The summed E-state index contributed by atoms with van der Waals surface area (Å²) in [5.41, 5.74) is 7.38. The summed E-state index contributed by atoms with van der Waals surface area (Å²) in [6, 6.07) is 24.4. The summed E-state index contributed by atoms with van der Waals surface area (Å²) < 4.78 is 11.8. The van der Waals surface area contributed by atoms with Crippen molar-refractivity contribution < 1.29 is 13.9 Å². The van der Waals surface area contributed by atoms with Crippen molar-refractivity contribution in [1.29, 1.82) is 0 Å². The van der Waals surface area contributed by atoms with Gasteiger partial charge in [-0.3, -0.25) is 4.79 Å². The summed E-state index contributed by atoms with van der Waals surface area (Å²) in [5, 5.41) is 6.26. The van der Waals surface area contributed by atoms with Gasteiger partial charge in [0.1, 0.15) is 11.3 Å². The molecule has 4 heteroatoms. The Morgan fingerprint density at radius 2 is 1.66 bits per heavy atom. The Labute approximate surface area is 204 Å². The van der Waals surface area contributed by atoms with E-state index in [1.807, 2.05) is 63.4 Å². The molecular weight excluding hydrogens is 434 g/mol. The number of nitrogens with one attached hydrogen (secondary N) is 1. The zero-order valence-corrected chi connectivity index (χ0v) is 20.3. The van der Waals surface area contributed by atoms with Gasteiger partial charge >= 0.3 is 0 Å². The van der Waals surface area contributed by atoms with Gasteiger partial charge in [-0.25, -0.2) is 0 Å². The number of amides is 1. The number of rotatable bonds is 5. The van der Waals surface area contributed by atoms with E-state index in [2.05, 4.69) is 41.7 Å². The minimum Gasteiger partial charge on any atom is -0.496 e. The maximum atomic E-state index is 12.8. The third-order valence-electron chi connectivity index (χ3n) is 6.42. The minimum absolute atomic E-state index is 0.187. The predicted molar refractivity (Wildman–Crippen MR) is 144 cm³/mol. The molecule has 174 valence electrons. The van der Waals surface area contributed by atoms with Gasteiger partial charge < -0.3 is 14.5 Å². The summed E-state index contributed by atoms with van der Waals surface area (Å²) in [4.78, 5) is 12.8. The Bertz CT molecular complexity index is 1580. The molecule has 0 fully saturated rings. The van der Waals surface area contributed by atoms with Gasteiger partial charge in [0.25, 0.3) is 0 Å².